The van der Waals surface area contributed by atoms with E-state index in [-0.39, 0.29) is 17.5 Å². The van der Waals surface area contributed by atoms with Gasteiger partial charge < -0.3 is 10.2 Å². The summed E-state index contributed by atoms with van der Waals surface area (Å²) in [5.41, 5.74) is 3.89. The minimum atomic E-state index is -0.430. The lowest BCUT2D eigenvalue weighted by Gasteiger charge is -2.17. The number of anilines is 2. The van der Waals surface area contributed by atoms with Gasteiger partial charge in [-0.25, -0.2) is 0 Å². The number of rotatable bonds is 5. The first-order valence-electron chi connectivity index (χ1n) is 8.69. The Kier molecular flexibility index (Phi) is 4.89. The highest BCUT2D eigenvalue weighted by molar-refractivity contribution is 6.03. The maximum atomic E-state index is 12.8. The van der Waals surface area contributed by atoms with Crippen molar-refractivity contribution < 1.29 is 14.4 Å². The number of nitrogens with zero attached hydrogens (tertiary/aromatic N) is 1. The van der Waals surface area contributed by atoms with Gasteiger partial charge in [-0.3, -0.25) is 14.4 Å². The molecule has 1 N–H and O–H groups in total. The fourth-order valence-electron chi connectivity index (χ4n) is 3.28. The van der Waals surface area contributed by atoms with Gasteiger partial charge in [-0.1, -0.05) is 12.1 Å². The average Bonchev–Trinajstić information content (AvgIpc) is 3.04. The zero-order valence-electron chi connectivity index (χ0n) is 15.2. The number of benzene rings is 2. The smallest absolute Gasteiger partial charge is 0.223 e. The highest BCUT2D eigenvalue weighted by Gasteiger charge is 2.24. The Morgan fingerprint density at radius 1 is 1.04 bits per heavy atom. The van der Waals surface area contributed by atoms with Crippen molar-refractivity contribution in [1.29, 1.82) is 0 Å². The second-order valence-corrected chi connectivity index (χ2v) is 6.63. The molecule has 1 atom stereocenters. The Labute approximate surface area is 153 Å². The minimum absolute atomic E-state index is 0.0127. The van der Waals surface area contributed by atoms with E-state index in [2.05, 4.69) is 5.32 Å². The van der Waals surface area contributed by atoms with E-state index in [9.17, 15) is 14.4 Å². The Balaban J connectivity index is 1.76. The van der Waals surface area contributed by atoms with Gasteiger partial charge in [0.25, 0.3) is 0 Å². The summed E-state index contributed by atoms with van der Waals surface area (Å²) in [4.78, 5) is 37.6. The monoisotopic (exact) mass is 350 g/mol. The van der Waals surface area contributed by atoms with Crippen molar-refractivity contribution in [3.8, 4) is 0 Å². The van der Waals surface area contributed by atoms with Crippen LogP contribution in [0.5, 0.6) is 0 Å². The van der Waals surface area contributed by atoms with Gasteiger partial charge in [-0.15, -0.1) is 0 Å². The Bertz CT molecular complexity index is 889. The standard InChI is InChI=1S/C21H22N2O3/c1-13(22-19-6-4-5-16(12-19)14(2)24)21(26)18-7-8-20-17(11-18)9-10-23(20)15(3)25/h4-8,11-13,22H,9-10H2,1-3H3. The zero-order chi connectivity index (χ0) is 18.8. The molecule has 0 saturated heterocycles. The molecular weight excluding hydrogens is 328 g/mol. The molecule has 0 spiro atoms. The van der Waals surface area contributed by atoms with Crippen LogP contribution in [0.1, 0.15) is 47.1 Å². The van der Waals surface area contributed by atoms with E-state index >= 15 is 0 Å². The fourth-order valence-corrected chi connectivity index (χ4v) is 3.28. The molecule has 1 unspecified atom stereocenters. The molecule has 2 aromatic rings. The summed E-state index contributed by atoms with van der Waals surface area (Å²) in [6.45, 7) is 5.53. The maximum absolute atomic E-state index is 12.8. The minimum Gasteiger partial charge on any atom is -0.375 e. The van der Waals surface area contributed by atoms with Crippen molar-refractivity contribution in [2.75, 3.05) is 16.8 Å². The lowest BCUT2D eigenvalue weighted by Crippen LogP contribution is -2.27. The van der Waals surface area contributed by atoms with E-state index in [1.165, 1.54) is 6.92 Å². The molecule has 0 bridgehead atoms. The number of hydrogen-bond donors (Lipinski definition) is 1. The van der Waals surface area contributed by atoms with E-state index in [1.807, 2.05) is 18.2 Å². The van der Waals surface area contributed by atoms with Crippen LogP contribution in [0.25, 0.3) is 0 Å². The van der Waals surface area contributed by atoms with Crippen LogP contribution in [-0.4, -0.2) is 30.1 Å². The molecule has 1 aliphatic heterocycles. The molecular formula is C21H22N2O3. The van der Waals surface area contributed by atoms with Crippen molar-refractivity contribution in [3.05, 3.63) is 59.2 Å². The first-order valence-corrected chi connectivity index (χ1v) is 8.69. The predicted octanol–water partition coefficient (Wildman–Crippen LogP) is 3.48. The number of ketones is 2. The van der Waals surface area contributed by atoms with Crippen LogP contribution in [0.3, 0.4) is 0 Å². The van der Waals surface area contributed by atoms with Crippen molar-refractivity contribution in [3.63, 3.8) is 0 Å². The van der Waals surface area contributed by atoms with Crippen molar-refractivity contribution >= 4 is 28.8 Å². The first kappa shape index (κ1) is 17.9. The molecule has 26 heavy (non-hydrogen) atoms. The molecule has 3 rings (SSSR count). The molecule has 5 heteroatoms. The highest BCUT2D eigenvalue weighted by atomic mass is 16.2. The number of nitrogens with one attached hydrogen (secondary N) is 1. The van der Waals surface area contributed by atoms with Crippen LogP contribution in [0.2, 0.25) is 0 Å². The number of Topliss-reactive ketones (excluding diaryl/α,β-unsaturated/α-hetero) is 2. The van der Waals surface area contributed by atoms with Crippen LogP contribution < -0.4 is 10.2 Å². The third-order valence-electron chi connectivity index (χ3n) is 4.69. The Hall–Kier alpha value is -2.95. The van der Waals surface area contributed by atoms with Crippen molar-refractivity contribution in [1.82, 2.24) is 0 Å². The molecule has 5 nitrogen and oxygen atoms in total. The lowest BCUT2D eigenvalue weighted by molar-refractivity contribution is -0.116. The lowest BCUT2D eigenvalue weighted by atomic mass is 10.0. The zero-order valence-corrected chi connectivity index (χ0v) is 15.2. The highest BCUT2D eigenvalue weighted by Crippen LogP contribution is 2.29. The summed E-state index contributed by atoms with van der Waals surface area (Å²) in [7, 11) is 0. The molecule has 0 aliphatic carbocycles. The molecule has 0 radical (unpaired) electrons. The quantitative estimate of drug-likeness (QED) is 0.839. The molecule has 0 aromatic heterocycles. The number of fused-ring (bicyclic) bond motifs is 1. The molecule has 1 aliphatic rings. The topological polar surface area (TPSA) is 66.5 Å². The summed E-state index contributed by atoms with van der Waals surface area (Å²) in [6.07, 6.45) is 0.762. The first-order chi connectivity index (χ1) is 12.4. The molecule has 1 heterocycles. The Morgan fingerprint density at radius 2 is 1.81 bits per heavy atom. The third kappa shape index (κ3) is 3.52. The van der Waals surface area contributed by atoms with Crippen molar-refractivity contribution in [2.45, 2.75) is 33.2 Å². The second-order valence-electron chi connectivity index (χ2n) is 6.63. The van der Waals surface area contributed by atoms with Crippen LogP contribution in [-0.2, 0) is 11.2 Å². The summed E-state index contributed by atoms with van der Waals surface area (Å²) in [5, 5.41) is 3.16. The fraction of sp³-hybridized carbons (Fsp3) is 0.286. The van der Waals surface area contributed by atoms with Crippen LogP contribution in [0.4, 0.5) is 11.4 Å². The molecule has 0 fully saturated rings. The van der Waals surface area contributed by atoms with Gasteiger partial charge in [-0.05, 0) is 56.2 Å². The summed E-state index contributed by atoms with van der Waals surface area (Å²) >= 11 is 0. The number of amides is 1. The molecule has 134 valence electrons. The van der Waals surface area contributed by atoms with Crippen LogP contribution >= 0.6 is 0 Å². The molecule has 0 saturated carbocycles. The van der Waals surface area contributed by atoms with E-state index in [0.29, 0.717) is 17.7 Å². The van der Waals surface area contributed by atoms with E-state index in [1.54, 1.807) is 43.0 Å². The predicted molar refractivity (Wildman–Crippen MR) is 102 cm³/mol. The number of carbonyl (C=O) groups is 3. The van der Waals surface area contributed by atoms with E-state index < -0.39 is 6.04 Å². The number of hydrogen-bond acceptors (Lipinski definition) is 4. The van der Waals surface area contributed by atoms with Gasteiger partial charge in [0.1, 0.15) is 0 Å². The summed E-state index contributed by atoms with van der Waals surface area (Å²) in [5.74, 6) is -0.0215. The average molecular weight is 350 g/mol. The SMILES string of the molecule is CC(=O)c1cccc(NC(C)C(=O)c2ccc3c(c2)CCN3C(C)=O)c1. The Morgan fingerprint density at radius 3 is 2.50 bits per heavy atom. The second kappa shape index (κ2) is 7.12. The van der Waals surface area contributed by atoms with Gasteiger partial charge >= 0.3 is 0 Å². The van der Waals surface area contributed by atoms with E-state index in [0.717, 1.165) is 23.4 Å². The maximum Gasteiger partial charge on any atom is 0.223 e. The van der Waals surface area contributed by atoms with Gasteiger partial charge in [0.15, 0.2) is 11.6 Å². The normalized spacial score (nSPS) is 13.9. The van der Waals surface area contributed by atoms with Gasteiger partial charge in [-0.2, -0.15) is 0 Å². The third-order valence-corrected chi connectivity index (χ3v) is 4.69. The van der Waals surface area contributed by atoms with Crippen molar-refractivity contribution in [2.24, 2.45) is 0 Å². The van der Waals surface area contributed by atoms with Crippen LogP contribution in [0, 0.1) is 0 Å². The molecule has 1 amide bonds. The number of carbonyl (C=O) groups excluding carboxylic acids is 3. The van der Waals surface area contributed by atoms with Gasteiger partial charge in [0, 0.05) is 36.0 Å². The summed E-state index contributed by atoms with van der Waals surface area (Å²) < 4.78 is 0. The largest absolute Gasteiger partial charge is 0.375 e. The summed E-state index contributed by atoms with van der Waals surface area (Å²) in [6, 6.07) is 12.2. The van der Waals surface area contributed by atoms with E-state index in [4.69, 9.17) is 0 Å². The van der Waals surface area contributed by atoms with Crippen LogP contribution in [0.15, 0.2) is 42.5 Å². The van der Waals surface area contributed by atoms with Gasteiger partial charge in [0.05, 0.1) is 6.04 Å². The molecule has 2 aromatic carbocycles. The van der Waals surface area contributed by atoms with Gasteiger partial charge in [0.2, 0.25) is 5.91 Å².